The van der Waals surface area contributed by atoms with Crippen LogP contribution in [-0.2, 0) is 6.42 Å². The fraction of sp³-hybridized carbons (Fsp3) is 0.545. The Kier molecular flexibility index (Phi) is 3.86. The molecule has 6 heteroatoms. The Morgan fingerprint density at radius 1 is 1.47 bits per heavy atom. The molecule has 1 atom stereocenters. The van der Waals surface area contributed by atoms with Crippen LogP contribution in [0.3, 0.4) is 0 Å². The molecule has 0 spiro atoms. The zero-order chi connectivity index (χ0) is 12.3. The molecule has 2 heterocycles. The molecular weight excluding hydrogens is 236 g/mol. The Morgan fingerprint density at radius 3 is 2.88 bits per heavy atom. The largest absolute Gasteiger partial charge is 0.339 e. The zero-order valence-electron chi connectivity index (χ0n) is 10.0. The normalized spacial score (nSPS) is 12.9. The van der Waals surface area contributed by atoms with Crippen LogP contribution in [0.25, 0.3) is 0 Å². The van der Waals surface area contributed by atoms with E-state index >= 15 is 0 Å². The van der Waals surface area contributed by atoms with Crippen LogP contribution >= 0.6 is 11.3 Å². The minimum Gasteiger partial charge on any atom is -0.339 e. The fourth-order valence-electron chi connectivity index (χ4n) is 1.57. The van der Waals surface area contributed by atoms with Crippen molar-refractivity contribution in [1.82, 2.24) is 15.1 Å². The highest BCUT2D eigenvalue weighted by Crippen LogP contribution is 2.18. The Morgan fingerprint density at radius 2 is 2.29 bits per heavy atom. The molecule has 0 amide bonds. The number of nitrogens with two attached hydrogens (primary N) is 1. The van der Waals surface area contributed by atoms with Crippen LogP contribution in [0.15, 0.2) is 9.90 Å². The number of aromatic nitrogens is 3. The SMILES string of the molecule is CCC(CN)c1nc(Cc2nc(C)cs2)no1. The molecule has 17 heavy (non-hydrogen) atoms. The maximum atomic E-state index is 5.64. The molecule has 2 aromatic rings. The quantitative estimate of drug-likeness (QED) is 0.879. The predicted octanol–water partition coefficient (Wildman–Crippen LogP) is 1.88. The first-order valence-corrected chi connectivity index (χ1v) is 6.54. The third-order valence-corrected chi connectivity index (χ3v) is 3.55. The van der Waals surface area contributed by atoms with Gasteiger partial charge in [-0.05, 0) is 13.3 Å². The van der Waals surface area contributed by atoms with Gasteiger partial charge in [-0.15, -0.1) is 11.3 Å². The third-order valence-electron chi connectivity index (χ3n) is 2.59. The topological polar surface area (TPSA) is 77.8 Å². The summed E-state index contributed by atoms with van der Waals surface area (Å²) in [5.41, 5.74) is 6.67. The molecule has 0 bridgehead atoms. The first kappa shape index (κ1) is 12.2. The van der Waals surface area contributed by atoms with Crippen LogP contribution in [-0.4, -0.2) is 21.7 Å². The third kappa shape index (κ3) is 2.89. The Bertz CT molecular complexity index is 475. The summed E-state index contributed by atoms with van der Waals surface area (Å²) < 4.78 is 5.22. The molecule has 5 nitrogen and oxygen atoms in total. The molecule has 0 radical (unpaired) electrons. The van der Waals surface area contributed by atoms with Crippen LogP contribution in [0.1, 0.15) is 41.7 Å². The lowest BCUT2D eigenvalue weighted by Gasteiger charge is -2.04. The van der Waals surface area contributed by atoms with Crippen molar-refractivity contribution in [3.63, 3.8) is 0 Å². The second-order valence-corrected chi connectivity index (χ2v) is 4.89. The standard InChI is InChI=1S/C11H16N4OS/c1-3-8(5-12)11-14-9(15-16-11)4-10-13-7(2)6-17-10/h6,8H,3-5,12H2,1-2H3. The van der Waals surface area contributed by atoms with Gasteiger partial charge in [0.2, 0.25) is 5.89 Å². The number of thiazole rings is 1. The minimum absolute atomic E-state index is 0.161. The highest BCUT2D eigenvalue weighted by Gasteiger charge is 2.16. The van der Waals surface area contributed by atoms with E-state index in [0.29, 0.717) is 24.7 Å². The number of aryl methyl sites for hydroxylation is 1. The molecule has 0 aliphatic heterocycles. The maximum Gasteiger partial charge on any atom is 0.231 e. The van der Waals surface area contributed by atoms with Crippen molar-refractivity contribution in [1.29, 1.82) is 0 Å². The van der Waals surface area contributed by atoms with E-state index in [2.05, 4.69) is 22.0 Å². The van der Waals surface area contributed by atoms with E-state index in [-0.39, 0.29) is 5.92 Å². The van der Waals surface area contributed by atoms with E-state index in [0.717, 1.165) is 17.1 Å². The summed E-state index contributed by atoms with van der Waals surface area (Å²) in [5.74, 6) is 1.48. The van der Waals surface area contributed by atoms with E-state index in [1.807, 2.05) is 12.3 Å². The molecule has 0 saturated heterocycles. The maximum absolute atomic E-state index is 5.64. The molecule has 0 aliphatic rings. The van der Waals surface area contributed by atoms with Crippen LogP contribution in [0, 0.1) is 6.92 Å². The first-order chi connectivity index (χ1) is 8.22. The summed E-state index contributed by atoms with van der Waals surface area (Å²) in [6.07, 6.45) is 1.54. The zero-order valence-corrected chi connectivity index (χ0v) is 10.8. The summed E-state index contributed by atoms with van der Waals surface area (Å²) in [6.45, 7) is 4.57. The molecule has 0 fully saturated rings. The van der Waals surface area contributed by atoms with Gasteiger partial charge in [0.15, 0.2) is 5.82 Å². The minimum atomic E-state index is 0.161. The van der Waals surface area contributed by atoms with E-state index < -0.39 is 0 Å². The molecule has 1 unspecified atom stereocenters. The number of hydrogen-bond acceptors (Lipinski definition) is 6. The second kappa shape index (κ2) is 5.37. The average molecular weight is 252 g/mol. The smallest absolute Gasteiger partial charge is 0.231 e. The molecule has 2 rings (SSSR count). The van der Waals surface area contributed by atoms with Crippen molar-refractivity contribution >= 4 is 11.3 Å². The summed E-state index contributed by atoms with van der Waals surface area (Å²) in [6, 6.07) is 0. The molecule has 2 aromatic heterocycles. The van der Waals surface area contributed by atoms with Gasteiger partial charge in [0.1, 0.15) is 5.01 Å². The molecular formula is C11H16N4OS. The second-order valence-electron chi connectivity index (χ2n) is 3.95. The lowest BCUT2D eigenvalue weighted by Crippen LogP contribution is -2.11. The lowest BCUT2D eigenvalue weighted by atomic mass is 10.1. The molecule has 92 valence electrons. The van der Waals surface area contributed by atoms with Crippen molar-refractivity contribution < 1.29 is 4.52 Å². The Labute approximate surface area is 104 Å². The van der Waals surface area contributed by atoms with Crippen molar-refractivity contribution in [3.8, 4) is 0 Å². The van der Waals surface area contributed by atoms with Crippen molar-refractivity contribution in [2.45, 2.75) is 32.6 Å². The van der Waals surface area contributed by atoms with Crippen LogP contribution in [0.4, 0.5) is 0 Å². The molecule has 2 N–H and O–H groups in total. The Hall–Kier alpha value is -1.27. The highest BCUT2D eigenvalue weighted by atomic mass is 32.1. The monoisotopic (exact) mass is 252 g/mol. The van der Waals surface area contributed by atoms with E-state index in [4.69, 9.17) is 10.3 Å². The lowest BCUT2D eigenvalue weighted by molar-refractivity contribution is 0.348. The average Bonchev–Trinajstić information content (AvgIpc) is 2.91. The van der Waals surface area contributed by atoms with Gasteiger partial charge in [0.25, 0.3) is 0 Å². The summed E-state index contributed by atoms with van der Waals surface area (Å²) in [4.78, 5) is 8.74. The summed E-state index contributed by atoms with van der Waals surface area (Å²) in [5, 5.41) is 6.99. The van der Waals surface area contributed by atoms with Gasteiger partial charge in [-0.2, -0.15) is 4.98 Å². The van der Waals surface area contributed by atoms with E-state index in [1.165, 1.54) is 0 Å². The number of nitrogens with zero attached hydrogens (tertiary/aromatic N) is 3. The predicted molar refractivity (Wildman–Crippen MR) is 66.0 cm³/mol. The highest BCUT2D eigenvalue weighted by molar-refractivity contribution is 7.09. The van der Waals surface area contributed by atoms with Crippen molar-refractivity contribution in [2.75, 3.05) is 6.54 Å². The van der Waals surface area contributed by atoms with Gasteiger partial charge in [-0.3, -0.25) is 0 Å². The number of rotatable bonds is 5. The fourth-order valence-corrected chi connectivity index (χ4v) is 2.33. The van der Waals surface area contributed by atoms with Crippen LogP contribution in [0.5, 0.6) is 0 Å². The van der Waals surface area contributed by atoms with Crippen molar-refractivity contribution in [2.24, 2.45) is 5.73 Å². The van der Waals surface area contributed by atoms with Gasteiger partial charge >= 0.3 is 0 Å². The summed E-state index contributed by atoms with van der Waals surface area (Å²) >= 11 is 1.62. The van der Waals surface area contributed by atoms with Gasteiger partial charge in [-0.1, -0.05) is 12.1 Å². The Balaban J connectivity index is 2.08. The number of hydrogen-bond donors (Lipinski definition) is 1. The molecule has 0 aromatic carbocycles. The van der Waals surface area contributed by atoms with E-state index in [9.17, 15) is 0 Å². The van der Waals surface area contributed by atoms with Crippen LogP contribution < -0.4 is 5.73 Å². The van der Waals surface area contributed by atoms with Gasteiger partial charge in [0, 0.05) is 17.6 Å². The van der Waals surface area contributed by atoms with Gasteiger partial charge < -0.3 is 10.3 Å². The first-order valence-electron chi connectivity index (χ1n) is 5.66. The van der Waals surface area contributed by atoms with Gasteiger partial charge in [0.05, 0.1) is 12.3 Å². The van der Waals surface area contributed by atoms with Crippen LogP contribution in [0.2, 0.25) is 0 Å². The van der Waals surface area contributed by atoms with Gasteiger partial charge in [-0.25, -0.2) is 4.98 Å². The molecule has 0 aliphatic carbocycles. The molecule has 0 saturated carbocycles. The van der Waals surface area contributed by atoms with Crippen molar-refractivity contribution in [3.05, 3.63) is 27.8 Å². The summed E-state index contributed by atoms with van der Waals surface area (Å²) in [7, 11) is 0. The van der Waals surface area contributed by atoms with E-state index in [1.54, 1.807) is 11.3 Å².